The highest BCUT2D eigenvalue weighted by Gasteiger charge is 2.38. The molecular formula is C48H84N2O13. The monoisotopic (exact) mass is 897 g/mol. The molecule has 0 saturated carbocycles. The summed E-state index contributed by atoms with van der Waals surface area (Å²) < 4.78 is 33.2. The van der Waals surface area contributed by atoms with Crippen LogP contribution in [0.1, 0.15) is 194 Å². The molecule has 1 fully saturated rings. The Morgan fingerprint density at radius 3 is 1.25 bits per heavy atom. The van der Waals surface area contributed by atoms with Gasteiger partial charge in [-0.05, 0) is 77.3 Å². The fourth-order valence-electron chi connectivity index (χ4n) is 6.97. The number of aldehydes is 1. The summed E-state index contributed by atoms with van der Waals surface area (Å²) in [7, 11) is 0. The first-order valence-electron chi connectivity index (χ1n) is 24.5. The molecule has 0 aromatic heterocycles. The molecule has 1 amide bonds. The summed E-state index contributed by atoms with van der Waals surface area (Å²) >= 11 is 0. The third-order valence-corrected chi connectivity index (χ3v) is 11.0. The predicted molar refractivity (Wildman–Crippen MR) is 240 cm³/mol. The van der Waals surface area contributed by atoms with Gasteiger partial charge in [-0.2, -0.15) is 0 Å². The normalized spacial score (nSPS) is 12.7. The molecule has 1 rings (SSSR count). The van der Waals surface area contributed by atoms with Crippen molar-refractivity contribution in [2.24, 2.45) is 5.41 Å². The van der Waals surface area contributed by atoms with Gasteiger partial charge in [-0.1, -0.05) is 90.9 Å². The number of amides is 1. The molecule has 0 radical (unpaired) electrons. The van der Waals surface area contributed by atoms with Crippen molar-refractivity contribution < 1.29 is 62.0 Å². The number of rotatable bonds is 42. The number of unbranched alkanes of at least 4 members (excludes halogenated alkanes) is 16. The van der Waals surface area contributed by atoms with Crippen molar-refractivity contribution in [2.75, 3.05) is 65.8 Å². The van der Waals surface area contributed by atoms with Crippen LogP contribution in [-0.2, 0) is 57.2 Å². The molecule has 364 valence electrons. The Morgan fingerprint density at radius 2 is 0.841 bits per heavy atom. The predicted octanol–water partition coefficient (Wildman–Crippen LogP) is 8.89. The minimum absolute atomic E-state index is 0.00322. The van der Waals surface area contributed by atoms with Crippen molar-refractivity contribution in [1.82, 2.24) is 10.2 Å². The number of nitrogens with one attached hydrogen (secondary N) is 1. The van der Waals surface area contributed by atoms with Crippen molar-refractivity contribution in [2.45, 2.75) is 194 Å². The van der Waals surface area contributed by atoms with E-state index in [1.54, 1.807) is 0 Å². The Hall–Kier alpha value is -3.75. The number of ether oxygens (including phenoxy) is 6. The minimum Gasteiger partial charge on any atom is -0.466 e. The van der Waals surface area contributed by atoms with Crippen molar-refractivity contribution >= 4 is 42.2 Å². The van der Waals surface area contributed by atoms with E-state index in [0.29, 0.717) is 71.2 Å². The van der Waals surface area contributed by atoms with Crippen molar-refractivity contribution in [3.63, 3.8) is 0 Å². The number of esters is 5. The summed E-state index contributed by atoms with van der Waals surface area (Å²) in [6, 6.07) is 0. The standard InChI is InChI=1S/C48H84N2O13/c1-3-5-7-9-11-13-24-36-58-42(52)27-17-19-29-45(55)61-39-48(38-60-44(54)26-16-15-23-35-51,41-63-47(57)49-31-34-50-32-21-22-33-50)40-62-46(56)30-20-18-28-43(53)59-37-25-14-12-10-8-6-4-2/h35H,3-34,36-41H2,1-2H3,(H,49,57). The van der Waals surface area contributed by atoms with E-state index in [1.807, 2.05) is 0 Å². The zero-order chi connectivity index (χ0) is 46.1. The molecule has 1 N–H and O–H groups in total. The first-order valence-corrected chi connectivity index (χ1v) is 24.5. The number of likely N-dealkylation sites (tertiary alicyclic amines) is 1. The topological polar surface area (TPSA) is 190 Å². The maximum Gasteiger partial charge on any atom is 0.407 e. The Morgan fingerprint density at radius 1 is 0.476 bits per heavy atom. The molecule has 63 heavy (non-hydrogen) atoms. The van der Waals surface area contributed by atoms with Gasteiger partial charge in [-0.25, -0.2) is 4.79 Å². The maximum atomic E-state index is 13.0. The van der Waals surface area contributed by atoms with E-state index < -0.39 is 55.8 Å². The van der Waals surface area contributed by atoms with Gasteiger partial charge in [0.25, 0.3) is 0 Å². The van der Waals surface area contributed by atoms with Crippen LogP contribution in [0.25, 0.3) is 0 Å². The highest BCUT2D eigenvalue weighted by atomic mass is 16.6. The molecule has 0 aromatic rings. The van der Waals surface area contributed by atoms with Crippen LogP contribution in [0.5, 0.6) is 0 Å². The second kappa shape index (κ2) is 39.8. The van der Waals surface area contributed by atoms with Gasteiger partial charge in [0, 0.05) is 51.6 Å². The molecule has 0 aliphatic carbocycles. The quantitative estimate of drug-likeness (QED) is 0.0265. The van der Waals surface area contributed by atoms with Crippen LogP contribution >= 0.6 is 0 Å². The lowest BCUT2D eigenvalue weighted by atomic mass is 9.92. The molecule has 0 aromatic carbocycles. The summed E-state index contributed by atoms with van der Waals surface area (Å²) in [5.41, 5.74) is -1.45. The molecular weight excluding hydrogens is 813 g/mol. The lowest BCUT2D eigenvalue weighted by Crippen LogP contribution is -2.45. The fourth-order valence-corrected chi connectivity index (χ4v) is 6.97. The SMILES string of the molecule is CCCCCCCCCOC(=O)CCCCC(=O)OCC(COC(=O)CCCCC=O)(COC(=O)CCCCC(=O)OCCCCCCCCC)COC(=O)NCCN1CCCC1. The van der Waals surface area contributed by atoms with Crippen LogP contribution in [0.3, 0.4) is 0 Å². The lowest BCUT2D eigenvalue weighted by Gasteiger charge is -2.31. The average molecular weight is 897 g/mol. The van der Waals surface area contributed by atoms with E-state index in [1.165, 1.54) is 51.4 Å². The van der Waals surface area contributed by atoms with Gasteiger partial charge in [-0.3, -0.25) is 24.0 Å². The van der Waals surface area contributed by atoms with Gasteiger partial charge in [0.1, 0.15) is 38.1 Å². The van der Waals surface area contributed by atoms with Crippen LogP contribution in [-0.4, -0.2) is 113 Å². The van der Waals surface area contributed by atoms with Crippen LogP contribution in [0.4, 0.5) is 4.79 Å². The van der Waals surface area contributed by atoms with Gasteiger partial charge in [0.15, 0.2) is 0 Å². The van der Waals surface area contributed by atoms with E-state index in [-0.39, 0.29) is 44.0 Å². The minimum atomic E-state index is -1.45. The van der Waals surface area contributed by atoms with E-state index in [9.17, 15) is 33.6 Å². The third kappa shape index (κ3) is 34.3. The first kappa shape index (κ1) is 57.3. The summed E-state index contributed by atoms with van der Waals surface area (Å²) in [5.74, 6) is -2.36. The summed E-state index contributed by atoms with van der Waals surface area (Å²) in [4.78, 5) is 89.0. The Balaban J connectivity index is 2.78. The Labute approximate surface area is 378 Å². The Kier molecular flexibility index (Phi) is 36.2. The van der Waals surface area contributed by atoms with Crippen LogP contribution in [0.2, 0.25) is 0 Å². The second-order valence-corrected chi connectivity index (χ2v) is 17.0. The molecule has 1 heterocycles. The fraction of sp³-hybridized carbons (Fsp3) is 0.854. The molecule has 0 bridgehead atoms. The number of carbonyl (C=O) groups excluding carboxylic acids is 7. The van der Waals surface area contributed by atoms with Crippen molar-refractivity contribution in [3.8, 4) is 0 Å². The van der Waals surface area contributed by atoms with Gasteiger partial charge in [-0.15, -0.1) is 0 Å². The molecule has 15 heteroatoms. The highest BCUT2D eigenvalue weighted by molar-refractivity contribution is 5.72. The largest absolute Gasteiger partial charge is 0.466 e. The summed E-state index contributed by atoms with van der Waals surface area (Å²) in [6.45, 7) is 6.48. The first-order chi connectivity index (χ1) is 30.6. The second-order valence-electron chi connectivity index (χ2n) is 17.0. The zero-order valence-corrected chi connectivity index (χ0v) is 39.2. The lowest BCUT2D eigenvalue weighted by molar-refractivity contribution is -0.165. The van der Waals surface area contributed by atoms with Crippen LogP contribution in [0, 0.1) is 5.41 Å². The molecule has 0 atom stereocenters. The molecule has 0 unspecified atom stereocenters. The van der Waals surface area contributed by atoms with Crippen molar-refractivity contribution in [3.05, 3.63) is 0 Å². The van der Waals surface area contributed by atoms with Gasteiger partial charge in [0.05, 0.1) is 13.2 Å². The molecule has 1 aliphatic rings. The van der Waals surface area contributed by atoms with E-state index in [2.05, 4.69) is 24.1 Å². The van der Waals surface area contributed by atoms with Gasteiger partial charge >= 0.3 is 35.9 Å². The molecule has 0 spiro atoms. The van der Waals surface area contributed by atoms with Crippen molar-refractivity contribution in [1.29, 1.82) is 0 Å². The summed E-state index contributed by atoms with van der Waals surface area (Å²) in [5, 5.41) is 2.73. The number of nitrogens with zero attached hydrogens (tertiary/aromatic N) is 1. The average Bonchev–Trinajstić information content (AvgIpc) is 3.80. The maximum absolute atomic E-state index is 13.0. The Bertz CT molecular complexity index is 1180. The number of hydrogen-bond acceptors (Lipinski definition) is 14. The zero-order valence-electron chi connectivity index (χ0n) is 39.2. The van der Waals surface area contributed by atoms with E-state index in [0.717, 1.165) is 70.7 Å². The molecule has 15 nitrogen and oxygen atoms in total. The van der Waals surface area contributed by atoms with E-state index in [4.69, 9.17) is 28.4 Å². The number of hydrogen-bond donors (Lipinski definition) is 1. The highest BCUT2D eigenvalue weighted by Crippen LogP contribution is 2.23. The van der Waals surface area contributed by atoms with Gasteiger partial charge in [0.2, 0.25) is 0 Å². The number of alkyl carbamates (subject to hydrolysis) is 1. The number of carbonyl (C=O) groups is 7. The molecule has 1 saturated heterocycles. The van der Waals surface area contributed by atoms with Gasteiger partial charge < -0.3 is 43.4 Å². The third-order valence-electron chi connectivity index (χ3n) is 11.0. The van der Waals surface area contributed by atoms with Crippen LogP contribution in [0.15, 0.2) is 0 Å². The van der Waals surface area contributed by atoms with E-state index >= 15 is 0 Å². The smallest absolute Gasteiger partial charge is 0.407 e. The summed E-state index contributed by atoms with van der Waals surface area (Å²) in [6.07, 6.45) is 21.2. The van der Waals surface area contributed by atoms with Crippen LogP contribution < -0.4 is 5.32 Å². The molecule has 1 aliphatic heterocycles.